The summed E-state index contributed by atoms with van der Waals surface area (Å²) in [5.41, 5.74) is 3.57. The van der Waals surface area contributed by atoms with Crippen molar-refractivity contribution in [3.8, 4) is 11.1 Å². The van der Waals surface area contributed by atoms with Crippen LogP contribution in [0, 0.1) is 6.92 Å². The maximum atomic E-state index is 12.5. The molecule has 0 unspecified atom stereocenters. The molecule has 0 aliphatic rings. The minimum atomic E-state index is -0.0938. The highest BCUT2D eigenvalue weighted by Gasteiger charge is 2.11. The third-order valence-electron chi connectivity index (χ3n) is 5.38. The summed E-state index contributed by atoms with van der Waals surface area (Å²) < 4.78 is 0. The van der Waals surface area contributed by atoms with Gasteiger partial charge in [0, 0.05) is 24.8 Å². The summed E-state index contributed by atoms with van der Waals surface area (Å²) in [5.74, 6) is -0.0859. The number of aromatic nitrogens is 1. The number of nitrogens with zero attached hydrogens (tertiary/aromatic N) is 1. The molecule has 152 valence electrons. The standard InChI is InChI=1S/C25H25N3O2/c1-16-13-19-9-10-26-25(30)23(19)22-15-18(7-8-21(16)22)17-5-4-6-20(14-17)24(29)27-11-12-28(2)3/h4-10,13-15H,11-12H2,1-3H3,(H,26,30)(H,27,29). The number of benzene rings is 3. The first kappa shape index (κ1) is 19.9. The molecule has 30 heavy (non-hydrogen) atoms. The molecule has 0 saturated heterocycles. The molecule has 1 aromatic heterocycles. The lowest BCUT2D eigenvalue weighted by Crippen LogP contribution is -2.31. The van der Waals surface area contributed by atoms with Crippen LogP contribution in [0.2, 0.25) is 0 Å². The van der Waals surface area contributed by atoms with E-state index in [1.165, 1.54) is 0 Å². The lowest BCUT2D eigenvalue weighted by atomic mass is 9.94. The second-order valence-corrected chi connectivity index (χ2v) is 7.86. The number of carbonyl (C=O) groups is 1. The van der Waals surface area contributed by atoms with Gasteiger partial charge in [-0.25, -0.2) is 0 Å². The van der Waals surface area contributed by atoms with E-state index in [9.17, 15) is 9.59 Å². The lowest BCUT2D eigenvalue weighted by Gasteiger charge is -2.12. The number of likely N-dealkylation sites (N-methyl/N-ethyl adjacent to an activating group) is 1. The number of rotatable bonds is 5. The van der Waals surface area contributed by atoms with Crippen molar-refractivity contribution in [2.45, 2.75) is 6.92 Å². The molecule has 0 fully saturated rings. The Morgan fingerprint density at radius 3 is 2.60 bits per heavy atom. The van der Waals surface area contributed by atoms with Crippen molar-refractivity contribution >= 4 is 27.5 Å². The number of H-pyrrole nitrogens is 1. The second-order valence-electron chi connectivity index (χ2n) is 7.86. The van der Waals surface area contributed by atoms with Crippen molar-refractivity contribution < 1.29 is 4.79 Å². The van der Waals surface area contributed by atoms with Crippen molar-refractivity contribution in [2.24, 2.45) is 0 Å². The van der Waals surface area contributed by atoms with Crippen molar-refractivity contribution in [1.29, 1.82) is 0 Å². The van der Waals surface area contributed by atoms with Gasteiger partial charge in [-0.05, 0) is 78.1 Å². The molecule has 0 radical (unpaired) electrons. The summed E-state index contributed by atoms with van der Waals surface area (Å²) in [6, 6.07) is 17.7. The Morgan fingerprint density at radius 2 is 1.80 bits per heavy atom. The van der Waals surface area contributed by atoms with Gasteiger partial charge in [-0.1, -0.05) is 30.3 Å². The first-order valence-electron chi connectivity index (χ1n) is 10.0. The summed E-state index contributed by atoms with van der Waals surface area (Å²) >= 11 is 0. The van der Waals surface area contributed by atoms with Gasteiger partial charge in [0.05, 0.1) is 5.39 Å². The molecular formula is C25H25N3O2. The van der Waals surface area contributed by atoms with Gasteiger partial charge < -0.3 is 15.2 Å². The Balaban J connectivity index is 1.76. The van der Waals surface area contributed by atoms with Gasteiger partial charge in [0.25, 0.3) is 11.5 Å². The fourth-order valence-corrected chi connectivity index (χ4v) is 3.81. The van der Waals surface area contributed by atoms with Gasteiger partial charge in [0.1, 0.15) is 0 Å². The molecule has 2 N–H and O–H groups in total. The number of nitrogens with one attached hydrogen (secondary N) is 2. The van der Waals surface area contributed by atoms with Crippen molar-refractivity contribution in [3.05, 3.63) is 82.3 Å². The Hall–Kier alpha value is -3.44. The highest BCUT2D eigenvalue weighted by molar-refractivity contribution is 6.09. The number of fused-ring (bicyclic) bond motifs is 3. The average Bonchev–Trinajstić information content (AvgIpc) is 2.73. The first-order valence-corrected chi connectivity index (χ1v) is 10.0. The molecule has 4 rings (SSSR count). The van der Waals surface area contributed by atoms with E-state index in [0.717, 1.165) is 39.4 Å². The zero-order chi connectivity index (χ0) is 21.3. The number of carbonyl (C=O) groups excluding carboxylic acids is 1. The van der Waals surface area contributed by atoms with Crippen LogP contribution in [-0.2, 0) is 0 Å². The summed E-state index contributed by atoms with van der Waals surface area (Å²) in [5, 5.41) is 6.55. The number of amides is 1. The van der Waals surface area contributed by atoms with Crippen LogP contribution in [0.15, 0.2) is 65.6 Å². The highest BCUT2D eigenvalue weighted by atomic mass is 16.1. The Kier molecular flexibility index (Phi) is 5.38. The first-order chi connectivity index (χ1) is 14.4. The number of aromatic amines is 1. The third-order valence-corrected chi connectivity index (χ3v) is 5.38. The van der Waals surface area contributed by atoms with Gasteiger partial charge in [0.15, 0.2) is 0 Å². The highest BCUT2D eigenvalue weighted by Crippen LogP contribution is 2.31. The fourth-order valence-electron chi connectivity index (χ4n) is 3.81. The number of hydrogen-bond acceptors (Lipinski definition) is 3. The summed E-state index contributed by atoms with van der Waals surface area (Å²) in [7, 11) is 3.95. The zero-order valence-corrected chi connectivity index (χ0v) is 17.5. The molecule has 4 aromatic rings. The van der Waals surface area contributed by atoms with Crippen LogP contribution < -0.4 is 10.9 Å². The maximum Gasteiger partial charge on any atom is 0.256 e. The van der Waals surface area contributed by atoms with Crippen LogP contribution in [0.1, 0.15) is 15.9 Å². The van der Waals surface area contributed by atoms with E-state index in [1.54, 1.807) is 6.20 Å². The molecule has 5 heteroatoms. The number of hydrogen-bond donors (Lipinski definition) is 2. The summed E-state index contributed by atoms with van der Waals surface area (Å²) in [4.78, 5) is 29.9. The largest absolute Gasteiger partial charge is 0.351 e. The topological polar surface area (TPSA) is 65.2 Å². The van der Waals surface area contributed by atoms with E-state index >= 15 is 0 Å². The van der Waals surface area contributed by atoms with Gasteiger partial charge in [-0.15, -0.1) is 0 Å². The molecular weight excluding hydrogens is 374 g/mol. The molecule has 0 aliphatic heterocycles. The Morgan fingerprint density at radius 1 is 1.00 bits per heavy atom. The average molecular weight is 399 g/mol. The summed E-state index contributed by atoms with van der Waals surface area (Å²) in [6.45, 7) is 3.44. The van der Waals surface area contributed by atoms with Gasteiger partial charge in [-0.3, -0.25) is 9.59 Å². The number of pyridine rings is 1. The monoisotopic (exact) mass is 399 g/mol. The normalized spacial score (nSPS) is 11.3. The molecule has 3 aromatic carbocycles. The van der Waals surface area contributed by atoms with Crippen LogP contribution in [0.25, 0.3) is 32.7 Å². The molecule has 1 heterocycles. The second kappa shape index (κ2) is 8.13. The van der Waals surface area contributed by atoms with Crippen molar-refractivity contribution in [3.63, 3.8) is 0 Å². The van der Waals surface area contributed by atoms with E-state index in [1.807, 2.05) is 67.5 Å². The Bertz CT molecular complexity index is 1310. The fraction of sp³-hybridized carbons (Fsp3) is 0.200. The molecule has 0 bridgehead atoms. The summed E-state index contributed by atoms with van der Waals surface area (Å²) in [6.07, 6.45) is 1.68. The minimum absolute atomic E-state index is 0.0859. The van der Waals surface area contributed by atoms with Gasteiger partial charge in [0.2, 0.25) is 0 Å². The molecule has 0 atom stereocenters. The molecule has 1 amide bonds. The molecule has 0 spiro atoms. The number of aryl methyl sites for hydroxylation is 1. The van der Waals surface area contributed by atoms with E-state index in [4.69, 9.17) is 0 Å². The van der Waals surface area contributed by atoms with Crippen molar-refractivity contribution in [2.75, 3.05) is 27.2 Å². The van der Waals surface area contributed by atoms with Crippen LogP contribution in [0.4, 0.5) is 0 Å². The third kappa shape index (κ3) is 3.84. The Labute approximate surface area is 175 Å². The zero-order valence-electron chi connectivity index (χ0n) is 17.5. The van der Waals surface area contributed by atoms with Gasteiger partial charge in [-0.2, -0.15) is 0 Å². The van der Waals surface area contributed by atoms with E-state index in [0.29, 0.717) is 17.5 Å². The lowest BCUT2D eigenvalue weighted by molar-refractivity contribution is 0.0951. The predicted molar refractivity (Wildman–Crippen MR) is 123 cm³/mol. The van der Waals surface area contributed by atoms with Crippen LogP contribution in [-0.4, -0.2) is 43.0 Å². The van der Waals surface area contributed by atoms with E-state index in [2.05, 4.69) is 23.3 Å². The van der Waals surface area contributed by atoms with E-state index < -0.39 is 0 Å². The molecule has 0 aliphatic carbocycles. The smallest absolute Gasteiger partial charge is 0.256 e. The maximum absolute atomic E-state index is 12.5. The van der Waals surface area contributed by atoms with Crippen LogP contribution in [0.3, 0.4) is 0 Å². The SMILES string of the molecule is Cc1cc2cc[nH]c(=O)c2c2cc(-c3cccc(C(=O)NCCN(C)C)c3)ccc12. The van der Waals surface area contributed by atoms with Crippen LogP contribution >= 0.6 is 0 Å². The van der Waals surface area contributed by atoms with E-state index in [-0.39, 0.29) is 11.5 Å². The van der Waals surface area contributed by atoms with Crippen molar-refractivity contribution in [1.82, 2.24) is 15.2 Å². The van der Waals surface area contributed by atoms with Crippen LogP contribution in [0.5, 0.6) is 0 Å². The molecule has 5 nitrogen and oxygen atoms in total. The quantitative estimate of drug-likeness (QED) is 0.500. The minimum Gasteiger partial charge on any atom is -0.351 e. The van der Waals surface area contributed by atoms with Gasteiger partial charge >= 0.3 is 0 Å². The molecule has 0 saturated carbocycles. The predicted octanol–water partition coefficient (Wildman–Crippen LogP) is 3.95.